The van der Waals surface area contributed by atoms with Crippen molar-refractivity contribution in [3.63, 3.8) is 0 Å². The molecule has 10 heteroatoms. The van der Waals surface area contributed by atoms with Crippen molar-refractivity contribution < 1.29 is 28.0 Å². The summed E-state index contributed by atoms with van der Waals surface area (Å²) in [4.78, 5) is 37.1. The van der Waals surface area contributed by atoms with Crippen LogP contribution in [0.4, 0.5) is 20.6 Å². The van der Waals surface area contributed by atoms with E-state index < -0.39 is 29.8 Å². The quantitative estimate of drug-likeness (QED) is 0.302. The maximum atomic E-state index is 13.7. The predicted octanol–water partition coefficient (Wildman–Crippen LogP) is 4.64. The molecule has 4 aromatic rings. The van der Waals surface area contributed by atoms with Gasteiger partial charge in [0.15, 0.2) is 0 Å². The average molecular weight is 503 g/mol. The van der Waals surface area contributed by atoms with Crippen molar-refractivity contribution in [2.75, 3.05) is 17.7 Å². The predicted molar refractivity (Wildman–Crippen MR) is 134 cm³/mol. The van der Waals surface area contributed by atoms with Crippen molar-refractivity contribution in [1.82, 2.24) is 10.5 Å². The van der Waals surface area contributed by atoms with Crippen LogP contribution in [0.3, 0.4) is 0 Å². The standard InChI is InChI=1S/C27H23FN4O5/c1-36-26(34)23(15-17-7-3-2-4-8-17)30-25(33)24-16-22(32-37-24)18-11-13-19(14-12-18)29-27(35)31-21-10-6-5-9-20(21)28/h2-14,16,23H,15H2,1H3,(H,30,33)(H2,29,31,35). The minimum Gasteiger partial charge on any atom is -0.467 e. The van der Waals surface area contributed by atoms with Crippen LogP contribution in [0.25, 0.3) is 11.3 Å². The number of carbonyl (C=O) groups is 3. The lowest BCUT2D eigenvalue weighted by Gasteiger charge is -2.15. The number of nitrogens with one attached hydrogen (secondary N) is 3. The molecular formula is C27H23FN4O5. The Kier molecular flexibility index (Phi) is 7.89. The average Bonchev–Trinajstić information content (AvgIpc) is 3.41. The first-order valence-electron chi connectivity index (χ1n) is 11.2. The third kappa shape index (κ3) is 6.57. The largest absolute Gasteiger partial charge is 0.467 e. The van der Waals surface area contributed by atoms with Crippen molar-refractivity contribution in [2.24, 2.45) is 0 Å². The molecule has 188 valence electrons. The minimum absolute atomic E-state index is 0.0585. The molecule has 0 saturated heterocycles. The fourth-order valence-corrected chi connectivity index (χ4v) is 3.50. The SMILES string of the molecule is COC(=O)C(Cc1ccccc1)NC(=O)c1cc(-c2ccc(NC(=O)Nc3ccccc3F)cc2)no1. The van der Waals surface area contributed by atoms with Crippen LogP contribution in [0.15, 0.2) is 89.5 Å². The topological polar surface area (TPSA) is 123 Å². The summed E-state index contributed by atoms with van der Waals surface area (Å²) in [5, 5.41) is 11.6. The molecule has 0 fully saturated rings. The smallest absolute Gasteiger partial charge is 0.328 e. The Balaban J connectivity index is 1.38. The van der Waals surface area contributed by atoms with Gasteiger partial charge >= 0.3 is 12.0 Å². The van der Waals surface area contributed by atoms with E-state index in [0.717, 1.165) is 5.56 Å². The first-order valence-corrected chi connectivity index (χ1v) is 11.2. The molecule has 0 aliphatic carbocycles. The van der Waals surface area contributed by atoms with Gasteiger partial charge in [0.1, 0.15) is 17.6 Å². The number of benzene rings is 3. The maximum Gasteiger partial charge on any atom is 0.328 e. The van der Waals surface area contributed by atoms with Crippen molar-refractivity contribution in [1.29, 1.82) is 0 Å². The van der Waals surface area contributed by atoms with Gasteiger partial charge in [-0.15, -0.1) is 0 Å². The van der Waals surface area contributed by atoms with Gasteiger partial charge in [-0.05, 0) is 29.8 Å². The van der Waals surface area contributed by atoms with Crippen LogP contribution in [0.2, 0.25) is 0 Å². The molecule has 0 radical (unpaired) electrons. The van der Waals surface area contributed by atoms with Gasteiger partial charge in [0.2, 0.25) is 5.76 Å². The van der Waals surface area contributed by atoms with Gasteiger partial charge in [-0.2, -0.15) is 0 Å². The van der Waals surface area contributed by atoms with E-state index >= 15 is 0 Å². The van der Waals surface area contributed by atoms with Gasteiger partial charge in [-0.1, -0.05) is 59.8 Å². The number of rotatable bonds is 8. The lowest BCUT2D eigenvalue weighted by Crippen LogP contribution is -2.43. The van der Waals surface area contributed by atoms with Gasteiger partial charge in [0.25, 0.3) is 5.91 Å². The van der Waals surface area contributed by atoms with Crippen LogP contribution in [-0.4, -0.2) is 36.2 Å². The van der Waals surface area contributed by atoms with E-state index in [9.17, 15) is 18.8 Å². The highest BCUT2D eigenvalue weighted by atomic mass is 19.1. The summed E-state index contributed by atoms with van der Waals surface area (Å²) < 4.78 is 23.7. The molecule has 3 aromatic carbocycles. The van der Waals surface area contributed by atoms with E-state index in [1.807, 2.05) is 30.3 Å². The molecule has 0 spiro atoms. The first-order chi connectivity index (χ1) is 17.9. The highest BCUT2D eigenvalue weighted by Crippen LogP contribution is 2.22. The van der Waals surface area contributed by atoms with E-state index in [4.69, 9.17) is 9.26 Å². The van der Waals surface area contributed by atoms with Gasteiger partial charge in [-0.3, -0.25) is 4.79 Å². The Morgan fingerprint density at radius 3 is 2.35 bits per heavy atom. The summed E-state index contributed by atoms with van der Waals surface area (Å²) in [7, 11) is 1.25. The second kappa shape index (κ2) is 11.6. The number of hydrogen-bond donors (Lipinski definition) is 3. The van der Waals surface area contributed by atoms with E-state index in [0.29, 0.717) is 16.9 Å². The number of halogens is 1. The number of aromatic nitrogens is 1. The Bertz CT molecular complexity index is 1390. The number of esters is 1. The molecule has 1 heterocycles. The Morgan fingerprint density at radius 1 is 0.946 bits per heavy atom. The molecule has 37 heavy (non-hydrogen) atoms. The van der Waals surface area contributed by atoms with Gasteiger partial charge in [0, 0.05) is 23.7 Å². The number of anilines is 2. The molecule has 0 bridgehead atoms. The number of hydrogen-bond acceptors (Lipinski definition) is 6. The van der Waals surface area contributed by atoms with Crippen LogP contribution < -0.4 is 16.0 Å². The van der Waals surface area contributed by atoms with Crippen molar-refractivity contribution >= 4 is 29.3 Å². The molecule has 0 saturated carbocycles. The molecule has 4 rings (SSSR count). The zero-order valence-electron chi connectivity index (χ0n) is 19.7. The summed E-state index contributed by atoms with van der Waals surface area (Å²) in [5.41, 5.74) is 2.37. The molecule has 0 aliphatic rings. The zero-order chi connectivity index (χ0) is 26.2. The first kappa shape index (κ1) is 25.1. The number of nitrogens with zero attached hydrogens (tertiary/aromatic N) is 1. The van der Waals surface area contributed by atoms with Crippen molar-refractivity contribution in [3.05, 3.63) is 102 Å². The number of carbonyl (C=O) groups excluding carboxylic acids is 3. The number of methoxy groups -OCH3 is 1. The molecule has 1 atom stereocenters. The fraction of sp³-hybridized carbons (Fsp3) is 0.111. The molecule has 9 nitrogen and oxygen atoms in total. The number of urea groups is 1. The molecule has 3 N–H and O–H groups in total. The summed E-state index contributed by atoms with van der Waals surface area (Å²) in [6, 6.07) is 21.6. The Morgan fingerprint density at radius 2 is 1.65 bits per heavy atom. The van der Waals surface area contributed by atoms with E-state index in [1.54, 1.807) is 30.3 Å². The van der Waals surface area contributed by atoms with Crippen molar-refractivity contribution in [3.8, 4) is 11.3 Å². The molecule has 1 unspecified atom stereocenters. The lowest BCUT2D eigenvalue weighted by molar-refractivity contribution is -0.142. The van der Waals surface area contributed by atoms with Crippen LogP contribution in [0.1, 0.15) is 16.1 Å². The highest BCUT2D eigenvalue weighted by molar-refractivity contribution is 6.00. The second-order valence-electron chi connectivity index (χ2n) is 7.95. The number of para-hydroxylation sites is 1. The summed E-state index contributed by atoms with van der Waals surface area (Å²) >= 11 is 0. The Hall–Kier alpha value is -4.99. The minimum atomic E-state index is -0.908. The lowest BCUT2D eigenvalue weighted by atomic mass is 10.1. The van der Waals surface area contributed by atoms with E-state index in [1.165, 1.54) is 31.4 Å². The third-order valence-corrected chi connectivity index (χ3v) is 5.37. The van der Waals surface area contributed by atoms with E-state index in [-0.39, 0.29) is 17.9 Å². The van der Waals surface area contributed by atoms with Crippen LogP contribution >= 0.6 is 0 Å². The summed E-state index contributed by atoms with van der Waals surface area (Å²) in [5.74, 6) is -1.83. The van der Waals surface area contributed by atoms with Crippen LogP contribution in [-0.2, 0) is 16.0 Å². The van der Waals surface area contributed by atoms with Gasteiger partial charge in [0.05, 0.1) is 12.8 Å². The van der Waals surface area contributed by atoms with E-state index in [2.05, 4.69) is 21.1 Å². The van der Waals surface area contributed by atoms with Crippen LogP contribution in [0.5, 0.6) is 0 Å². The Labute approximate surface area is 211 Å². The monoisotopic (exact) mass is 502 g/mol. The molecule has 3 amide bonds. The molecule has 0 aliphatic heterocycles. The van der Waals surface area contributed by atoms with Crippen LogP contribution in [0, 0.1) is 5.82 Å². The second-order valence-corrected chi connectivity index (χ2v) is 7.95. The summed E-state index contributed by atoms with van der Waals surface area (Å²) in [6.45, 7) is 0. The van der Waals surface area contributed by atoms with Crippen molar-refractivity contribution in [2.45, 2.75) is 12.5 Å². The number of ether oxygens (including phenoxy) is 1. The molecular weight excluding hydrogens is 479 g/mol. The zero-order valence-corrected chi connectivity index (χ0v) is 19.7. The normalized spacial score (nSPS) is 11.3. The number of amides is 3. The highest BCUT2D eigenvalue weighted by Gasteiger charge is 2.25. The summed E-state index contributed by atoms with van der Waals surface area (Å²) in [6.07, 6.45) is 0.249. The fourth-order valence-electron chi connectivity index (χ4n) is 3.50. The maximum absolute atomic E-state index is 13.7. The van der Waals surface area contributed by atoms with Gasteiger partial charge in [-0.25, -0.2) is 14.0 Å². The van der Waals surface area contributed by atoms with Gasteiger partial charge < -0.3 is 25.2 Å². The molecule has 1 aromatic heterocycles. The third-order valence-electron chi connectivity index (χ3n) is 5.37.